The molecule has 0 spiro atoms. The SMILES string of the molecule is O=S(=O)(c1ccccc1)N1C[C@@]2(c3ccccc3)CC[C@@](c3ccccc3)(C1)OO2. The molecule has 0 aromatic heterocycles. The van der Waals surface area contributed by atoms with Crippen molar-refractivity contribution in [3.63, 3.8) is 0 Å². The molecule has 3 aliphatic heterocycles. The first kappa shape index (κ1) is 19.5. The van der Waals surface area contributed by atoms with Crippen LogP contribution < -0.4 is 0 Å². The topological polar surface area (TPSA) is 55.8 Å². The lowest BCUT2D eigenvalue weighted by Gasteiger charge is -2.41. The normalized spacial score (nSPS) is 26.9. The lowest BCUT2D eigenvalue weighted by Crippen LogP contribution is -2.43. The Morgan fingerprint density at radius 1 is 0.633 bits per heavy atom. The minimum absolute atomic E-state index is 0.197. The van der Waals surface area contributed by atoms with Gasteiger partial charge < -0.3 is 0 Å². The van der Waals surface area contributed by atoms with Crippen molar-refractivity contribution in [3.05, 3.63) is 102 Å². The molecule has 3 saturated heterocycles. The Morgan fingerprint density at radius 2 is 1.03 bits per heavy atom. The van der Waals surface area contributed by atoms with Crippen molar-refractivity contribution in [1.29, 1.82) is 0 Å². The molecule has 0 amide bonds. The van der Waals surface area contributed by atoms with Crippen LogP contribution in [0, 0.1) is 0 Å². The van der Waals surface area contributed by atoms with Gasteiger partial charge in [0, 0.05) is 0 Å². The molecule has 3 aromatic rings. The fraction of sp³-hybridized carbons (Fsp3) is 0.250. The minimum Gasteiger partial charge on any atom is -0.223 e. The summed E-state index contributed by atoms with van der Waals surface area (Å²) in [5, 5.41) is 0. The van der Waals surface area contributed by atoms with Crippen LogP contribution in [-0.4, -0.2) is 25.8 Å². The lowest BCUT2D eigenvalue weighted by molar-refractivity contribution is -0.438. The van der Waals surface area contributed by atoms with E-state index >= 15 is 0 Å². The molecule has 2 bridgehead atoms. The van der Waals surface area contributed by atoms with Gasteiger partial charge in [-0.05, 0) is 36.1 Å². The van der Waals surface area contributed by atoms with E-state index in [1.54, 1.807) is 24.3 Å². The van der Waals surface area contributed by atoms with E-state index in [1.807, 2.05) is 66.7 Å². The van der Waals surface area contributed by atoms with Crippen molar-refractivity contribution < 1.29 is 18.2 Å². The number of sulfonamides is 1. The molecule has 0 aliphatic carbocycles. The van der Waals surface area contributed by atoms with E-state index in [1.165, 1.54) is 4.31 Å². The molecule has 5 nitrogen and oxygen atoms in total. The smallest absolute Gasteiger partial charge is 0.223 e. The van der Waals surface area contributed by atoms with Gasteiger partial charge in [0.2, 0.25) is 10.0 Å². The van der Waals surface area contributed by atoms with Gasteiger partial charge in [-0.15, -0.1) is 0 Å². The van der Waals surface area contributed by atoms with E-state index in [0.29, 0.717) is 12.8 Å². The molecule has 154 valence electrons. The van der Waals surface area contributed by atoms with Gasteiger partial charge in [-0.1, -0.05) is 78.9 Å². The van der Waals surface area contributed by atoms with Crippen LogP contribution in [0.4, 0.5) is 0 Å². The largest absolute Gasteiger partial charge is 0.243 e. The zero-order valence-corrected chi connectivity index (χ0v) is 17.3. The van der Waals surface area contributed by atoms with Crippen LogP contribution in [0.2, 0.25) is 0 Å². The standard InChI is InChI=1S/C24H23NO4S/c26-30(27,22-14-8-3-9-15-22)25-18-23(20-10-4-1-5-11-20)16-17-24(19-25,29-28-23)21-12-6-2-7-13-21/h1-15H,16-19H2/t23-,24+. The van der Waals surface area contributed by atoms with Crippen molar-refractivity contribution in [3.8, 4) is 0 Å². The Labute approximate surface area is 176 Å². The maximum atomic E-state index is 13.6. The summed E-state index contributed by atoms with van der Waals surface area (Å²) in [6.45, 7) is 0.394. The molecule has 0 radical (unpaired) electrons. The van der Waals surface area contributed by atoms with Gasteiger partial charge in [0.15, 0.2) is 0 Å². The van der Waals surface area contributed by atoms with Crippen molar-refractivity contribution in [1.82, 2.24) is 4.31 Å². The third-order valence-electron chi connectivity index (χ3n) is 6.14. The van der Waals surface area contributed by atoms with Crippen LogP contribution in [0.15, 0.2) is 95.9 Å². The van der Waals surface area contributed by atoms with E-state index in [2.05, 4.69) is 0 Å². The van der Waals surface area contributed by atoms with E-state index in [4.69, 9.17) is 9.78 Å². The third kappa shape index (κ3) is 3.17. The summed E-state index contributed by atoms with van der Waals surface area (Å²) in [5.74, 6) is 0. The van der Waals surface area contributed by atoms with Gasteiger partial charge in [-0.2, -0.15) is 4.31 Å². The first-order valence-electron chi connectivity index (χ1n) is 10.1. The van der Waals surface area contributed by atoms with Gasteiger partial charge in [-0.25, -0.2) is 18.2 Å². The molecule has 2 atom stereocenters. The van der Waals surface area contributed by atoms with Crippen LogP contribution in [0.5, 0.6) is 0 Å². The summed E-state index contributed by atoms with van der Waals surface area (Å²) in [6, 6.07) is 28.1. The number of benzene rings is 3. The molecule has 3 fully saturated rings. The van der Waals surface area contributed by atoms with E-state index < -0.39 is 21.2 Å². The van der Waals surface area contributed by atoms with Gasteiger partial charge in [0.05, 0.1) is 18.0 Å². The molecular weight excluding hydrogens is 398 g/mol. The molecule has 3 aliphatic rings. The predicted octanol–water partition coefficient (Wildman–Crippen LogP) is 4.22. The first-order chi connectivity index (χ1) is 14.5. The zero-order valence-electron chi connectivity index (χ0n) is 16.5. The lowest BCUT2D eigenvalue weighted by atomic mass is 9.82. The molecule has 6 heteroatoms. The van der Waals surface area contributed by atoms with E-state index in [9.17, 15) is 8.42 Å². The van der Waals surface area contributed by atoms with Crippen LogP contribution in [-0.2, 0) is 31.0 Å². The van der Waals surface area contributed by atoms with Crippen molar-refractivity contribution >= 4 is 10.0 Å². The maximum Gasteiger partial charge on any atom is 0.243 e. The predicted molar refractivity (Wildman–Crippen MR) is 113 cm³/mol. The number of nitrogens with zero attached hydrogens (tertiary/aromatic N) is 1. The zero-order chi connectivity index (χ0) is 20.7. The number of fused-ring (bicyclic) bond motifs is 4. The fourth-order valence-corrected chi connectivity index (χ4v) is 6.00. The highest BCUT2D eigenvalue weighted by atomic mass is 32.2. The Bertz CT molecular complexity index is 1050. The van der Waals surface area contributed by atoms with Gasteiger partial charge in [-0.3, -0.25) is 0 Å². The summed E-state index contributed by atoms with van der Waals surface area (Å²) in [4.78, 5) is 12.5. The average molecular weight is 422 g/mol. The number of hydrogen-bond acceptors (Lipinski definition) is 4. The molecule has 3 heterocycles. The van der Waals surface area contributed by atoms with Crippen LogP contribution in [0.1, 0.15) is 24.0 Å². The Morgan fingerprint density at radius 3 is 1.43 bits per heavy atom. The summed E-state index contributed by atoms with van der Waals surface area (Å²) >= 11 is 0. The highest BCUT2D eigenvalue weighted by Crippen LogP contribution is 2.49. The van der Waals surface area contributed by atoms with Crippen molar-refractivity contribution in [2.75, 3.05) is 13.1 Å². The van der Waals surface area contributed by atoms with Gasteiger partial charge in [0.1, 0.15) is 11.2 Å². The molecule has 6 rings (SSSR count). The molecule has 30 heavy (non-hydrogen) atoms. The first-order valence-corrected chi connectivity index (χ1v) is 11.5. The van der Waals surface area contributed by atoms with Crippen molar-refractivity contribution in [2.24, 2.45) is 0 Å². The third-order valence-corrected chi connectivity index (χ3v) is 7.94. The highest BCUT2D eigenvalue weighted by Gasteiger charge is 2.55. The average Bonchev–Trinajstić information content (AvgIpc) is 3.11. The minimum atomic E-state index is -3.73. The second-order valence-corrected chi connectivity index (χ2v) is 9.91. The number of rotatable bonds is 4. The maximum absolute atomic E-state index is 13.6. The highest BCUT2D eigenvalue weighted by molar-refractivity contribution is 7.89. The second kappa shape index (κ2) is 7.32. The summed E-state index contributed by atoms with van der Waals surface area (Å²) in [6.07, 6.45) is 1.32. The summed E-state index contributed by atoms with van der Waals surface area (Å²) in [5.41, 5.74) is 0.138. The van der Waals surface area contributed by atoms with Crippen LogP contribution in [0.25, 0.3) is 0 Å². The molecular formula is C24H23NO4S. The Kier molecular flexibility index (Phi) is 4.75. The molecule has 3 aromatic carbocycles. The fourth-order valence-electron chi connectivity index (χ4n) is 4.45. The molecule has 0 saturated carbocycles. The van der Waals surface area contributed by atoms with E-state index in [-0.39, 0.29) is 18.0 Å². The Balaban J connectivity index is 1.63. The monoisotopic (exact) mass is 421 g/mol. The van der Waals surface area contributed by atoms with Gasteiger partial charge in [0.25, 0.3) is 0 Å². The van der Waals surface area contributed by atoms with Crippen LogP contribution >= 0.6 is 0 Å². The van der Waals surface area contributed by atoms with Crippen LogP contribution in [0.3, 0.4) is 0 Å². The number of hydrogen-bond donors (Lipinski definition) is 0. The summed E-state index contributed by atoms with van der Waals surface area (Å²) < 4.78 is 28.8. The molecule has 0 unspecified atom stereocenters. The second-order valence-electron chi connectivity index (χ2n) is 7.97. The Hall–Kier alpha value is -2.51. The quantitative estimate of drug-likeness (QED) is 0.592. The van der Waals surface area contributed by atoms with Crippen molar-refractivity contribution in [2.45, 2.75) is 28.9 Å². The van der Waals surface area contributed by atoms with Gasteiger partial charge >= 0.3 is 0 Å². The van der Waals surface area contributed by atoms with E-state index in [0.717, 1.165) is 11.1 Å². The summed E-state index contributed by atoms with van der Waals surface area (Å²) in [7, 11) is -3.73. The molecule has 0 N–H and O–H groups in total.